The van der Waals surface area contributed by atoms with Crippen molar-refractivity contribution in [2.45, 2.75) is 25.8 Å². The average molecular weight is 245 g/mol. The van der Waals surface area contributed by atoms with E-state index >= 15 is 0 Å². The van der Waals surface area contributed by atoms with Gasteiger partial charge in [0.1, 0.15) is 0 Å². The van der Waals surface area contributed by atoms with Crippen LogP contribution in [0.4, 0.5) is 0 Å². The van der Waals surface area contributed by atoms with Gasteiger partial charge in [-0.1, -0.05) is 0 Å². The van der Waals surface area contributed by atoms with Crippen molar-refractivity contribution in [1.82, 2.24) is 4.31 Å². The Bertz CT molecular complexity index is 412. The highest BCUT2D eigenvalue weighted by Gasteiger charge is 2.35. The van der Waals surface area contributed by atoms with Crippen LogP contribution in [0.1, 0.15) is 19.8 Å². The van der Waals surface area contributed by atoms with E-state index in [9.17, 15) is 13.2 Å². The summed E-state index contributed by atoms with van der Waals surface area (Å²) in [7, 11) is -3.58. The number of amides is 1. The summed E-state index contributed by atoms with van der Waals surface area (Å²) in [6.45, 7) is 1.87. The molecule has 7 heteroatoms. The van der Waals surface area contributed by atoms with E-state index in [4.69, 9.17) is 11.0 Å². The zero-order chi connectivity index (χ0) is 12.3. The molecule has 0 aromatic carbocycles. The van der Waals surface area contributed by atoms with E-state index in [1.807, 2.05) is 0 Å². The fourth-order valence-electron chi connectivity index (χ4n) is 1.86. The maximum Gasteiger partial charge on any atom is 0.227 e. The van der Waals surface area contributed by atoms with Gasteiger partial charge in [-0.2, -0.15) is 9.57 Å². The summed E-state index contributed by atoms with van der Waals surface area (Å²) in [5.41, 5.74) is 5.17. The summed E-state index contributed by atoms with van der Waals surface area (Å²) in [5, 5.41) is 8.45. The summed E-state index contributed by atoms with van der Waals surface area (Å²) in [5.74, 6) is -1.48. The van der Waals surface area contributed by atoms with E-state index < -0.39 is 27.6 Å². The Morgan fingerprint density at radius 2 is 2.19 bits per heavy atom. The van der Waals surface area contributed by atoms with Crippen LogP contribution in [0.15, 0.2) is 0 Å². The number of nitrogens with zero attached hydrogens (tertiary/aromatic N) is 2. The molecule has 2 unspecified atom stereocenters. The molecule has 1 saturated heterocycles. The molecule has 6 nitrogen and oxygen atoms in total. The third kappa shape index (κ3) is 2.71. The maximum atomic E-state index is 11.7. The maximum absolute atomic E-state index is 11.7. The minimum absolute atomic E-state index is 0.0977. The smallest absolute Gasteiger partial charge is 0.227 e. The van der Waals surface area contributed by atoms with E-state index in [0.29, 0.717) is 12.8 Å². The molecule has 90 valence electrons. The number of piperidine rings is 1. The summed E-state index contributed by atoms with van der Waals surface area (Å²) in [6.07, 6.45) is 1.20. The Morgan fingerprint density at radius 3 is 2.69 bits per heavy atom. The largest absolute Gasteiger partial charge is 0.369 e. The summed E-state index contributed by atoms with van der Waals surface area (Å²) >= 11 is 0. The number of nitrogens with two attached hydrogens (primary N) is 1. The second kappa shape index (κ2) is 4.80. The highest BCUT2D eigenvalue weighted by Crippen LogP contribution is 2.24. The minimum Gasteiger partial charge on any atom is -0.369 e. The SMILES string of the molecule is CC1CCC(C(N)=O)CN1S(=O)(=O)CC#N. The molecule has 2 N–H and O–H groups in total. The molecule has 1 rings (SSSR count). The first kappa shape index (κ1) is 12.9. The molecule has 1 fully saturated rings. The Hall–Kier alpha value is -1.13. The third-order valence-electron chi connectivity index (χ3n) is 2.83. The molecular weight excluding hydrogens is 230 g/mol. The molecule has 1 amide bonds. The summed E-state index contributed by atoms with van der Waals surface area (Å²) < 4.78 is 24.6. The molecule has 0 aliphatic carbocycles. The second-order valence-corrected chi connectivity index (χ2v) is 5.93. The molecule has 16 heavy (non-hydrogen) atoms. The van der Waals surface area contributed by atoms with Crippen molar-refractivity contribution in [3.05, 3.63) is 0 Å². The first-order chi connectivity index (χ1) is 7.38. The lowest BCUT2D eigenvalue weighted by Gasteiger charge is -2.35. The number of hydrogen-bond acceptors (Lipinski definition) is 4. The first-order valence-electron chi connectivity index (χ1n) is 5.04. The van der Waals surface area contributed by atoms with Crippen LogP contribution >= 0.6 is 0 Å². The Kier molecular flexibility index (Phi) is 3.88. The highest BCUT2D eigenvalue weighted by molar-refractivity contribution is 7.89. The van der Waals surface area contributed by atoms with Gasteiger partial charge in [-0.3, -0.25) is 4.79 Å². The van der Waals surface area contributed by atoms with Crippen LogP contribution in [0.25, 0.3) is 0 Å². The van der Waals surface area contributed by atoms with Gasteiger partial charge < -0.3 is 5.73 Å². The highest BCUT2D eigenvalue weighted by atomic mass is 32.2. The zero-order valence-electron chi connectivity index (χ0n) is 9.09. The van der Waals surface area contributed by atoms with Gasteiger partial charge in [0.15, 0.2) is 5.75 Å². The molecule has 1 aliphatic heterocycles. The number of rotatable bonds is 3. The van der Waals surface area contributed by atoms with Gasteiger partial charge in [0.2, 0.25) is 15.9 Å². The Labute approximate surface area is 95.1 Å². The van der Waals surface area contributed by atoms with Crippen molar-refractivity contribution in [2.24, 2.45) is 11.7 Å². The summed E-state index contributed by atoms with van der Waals surface area (Å²) in [4.78, 5) is 11.0. The average Bonchev–Trinajstić information content (AvgIpc) is 2.17. The number of primary amides is 1. The molecule has 0 spiro atoms. The quantitative estimate of drug-likeness (QED) is 0.718. The van der Waals surface area contributed by atoms with Gasteiger partial charge in [0.25, 0.3) is 0 Å². The molecule has 0 aromatic heterocycles. The first-order valence-corrected chi connectivity index (χ1v) is 6.65. The van der Waals surface area contributed by atoms with Crippen LogP contribution < -0.4 is 5.73 Å². The van der Waals surface area contributed by atoms with Crippen LogP contribution in [0.5, 0.6) is 0 Å². The Morgan fingerprint density at radius 1 is 1.56 bits per heavy atom. The third-order valence-corrected chi connectivity index (χ3v) is 4.55. The van der Waals surface area contributed by atoms with Gasteiger partial charge in [-0.15, -0.1) is 0 Å². The predicted octanol–water partition coefficient (Wildman–Crippen LogP) is -0.574. The number of carbonyl (C=O) groups excluding carboxylic acids is 1. The van der Waals surface area contributed by atoms with Gasteiger partial charge >= 0.3 is 0 Å². The van der Waals surface area contributed by atoms with Gasteiger partial charge in [0, 0.05) is 12.6 Å². The van der Waals surface area contributed by atoms with Gasteiger partial charge in [-0.25, -0.2) is 8.42 Å². The number of hydrogen-bond donors (Lipinski definition) is 1. The van der Waals surface area contributed by atoms with Crippen LogP contribution in [0.3, 0.4) is 0 Å². The van der Waals surface area contributed by atoms with E-state index in [1.54, 1.807) is 13.0 Å². The summed E-state index contributed by atoms with van der Waals surface area (Å²) in [6, 6.07) is 1.45. The molecule has 0 saturated carbocycles. The fraction of sp³-hybridized carbons (Fsp3) is 0.778. The predicted molar refractivity (Wildman–Crippen MR) is 57.5 cm³/mol. The Balaban J connectivity index is 2.86. The molecular formula is C9H15N3O3S. The van der Waals surface area contributed by atoms with Gasteiger partial charge in [0.05, 0.1) is 12.0 Å². The zero-order valence-corrected chi connectivity index (χ0v) is 9.90. The van der Waals surface area contributed by atoms with Crippen molar-refractivity contribution in [2.75, 3.05) is 12.3 Å². The molecule has 1 heterocycles. The normalized spacial score (nSPS) is 27.2. The molecule has 2 atom stereocenters. The lowest BCUT2D eigenvalue weighted by molar-refractivity contribution is -0.123. The molecule has 0 aromatic rings. The standard InChI is InChI=1S/C9H15N3O3S/c1-7-2-3-8(9(11)13)6-12(7)16(14,15)5-4-10/h7-8H,2-3,5-6H2,1H3,(H2,11,13). The fourth-order valence-corrected chi connectivity index (χ4v) is 3.25. The minimum atomic E-state index is -3.58. The molecule has 1 aliphatic rings. The lowest BCUT2D eigenvalue weighted by Crippen LogP contribution is -2.49. The van der Waals surface area contributed by atoms with Crippen molar-refractivity contribution in [3.8, 4) is 6.07 Å². The van der Waals surface area contributed by atoms with Crippen molar-refractivity contribution < 1.29 is 13.2 Å². The van der Waals surface area contributed by atoms with Crippen LogP contribution in [-0.4, -0.2) is 37.0 Å². The van der Waals surface area contributed by atoms with Crippen LogP contribution in [-0.2, 0) is 14.8 Å². The van der Waals surface area contributed by atoms with Crippen LogP contribution in [0, 0.1) is 17.2 Å². The topological polar surface area (TPSA) is 104 Å². The van der Waals surface area contributed by atoms with Crippen molar-refractivity contribution in [3.63, 3.8) is 0 Å². The number of nitriles is 1. The van der Waals surface area contributed by atoms with Crippen LogP contribution in [0.2, 0.25) is 0 Å². The van der Waals surface area contributed by atoms with E-state index in [2.05, 4.69) is 0 Å². The molecule has 0 radical (unpaired) electrons. The van der Waals surface area contributed by atoms with Crippen molar-refractivity contribution in [1.29, 1.82) is 5.26 Å². The van der Waals surface area contributed by atoms with E-state index in [0.717, 1.165) is 0 Å². The van der Waals surface area contributed by atoms with E-state index in [1.165, 1.54) is 4.31 Å². The van der Waals surface area contributed by atoms with Crippen molar-refractivity contribution >= 4 is 15.9 Å². The van der Waals surface area contributed by atoms with E-state index in [-0.39, 0.29) is 12.6 Å². The lowest BCUT2D eigenvalue weighted by atomic mass is 9.95. The number of sulfonamides is 1. The monoisotopic (exact) mass is 245 g/mol. The number of carbonyl (C=O) groups is 1. The molecule has 0 bridgehead atoms. The van der Waals surface area contributed by atoms with Gasteiger partial charge in [-0.05, 0) is 19.8 Å². The second-order valence-electron chi connectivity index (χ2n) is 4.01.